The second kappa shape index (κ2) is 14.4. The van der Waals surface area contributed by atoms with Crippen molar-refractivity contribution in [2.45, 2.75) is 26.2 Å². The number of carbonyl (C=O) groups is 2. The van der Waals surface area contributed by atoms with E-state index in [1.807, 2.05) is 0 Å². The van der Waals surface area contributed by atoms with E-state index in [-0.39, 0.29) is 17.8 Å². The molecule has 0 bridgehead atoms. The van der Waals surface area contributed by atoms with Crippen LogP contribution in [0.2, 0.25) is 0 Å². The highest BCUT2D eigenvalue weighted by atomic mass is 19.2. The first-order valence-corrected chi connectivity index (χ1v) is 10.2. The Morgan fingerprint density at radius 3 is 2.09 bits per heavy atom. The average molecular weight is 480 g/mol. The molecule has 0 heterocycles. The number of hydrogen-bond donors (Lipinski definition) is 0. The number of carbonyl (C=O) groups excluding carboxylic acids is 2. The molecular formula is C24H24F4N2O4. The Kier molecular flexibility index (Phi) is 12.0. The third kappa shape index (κ3) is 9.38. The van der Waals surface area contributed by atoms with Crippen molar-refractivity contribution in [3.8, 4) is 0 Å². The molecule has 0 saturated heterocycles. The van der Waals surface area contributed by atoms with Crippen LogP contribution in [0.25, 0.3) is 11.6 Å². The third-order valence-corrected chi connectivity index (χ3v) is 4.38. The predicted octanol–water partition coefficient (Wildman–Crippen LogP) is 5.09. The zero-order valence-electron chi connectivity index (χ0n) is 18.6. The Morgan fingerprint density at radius 1 is 1.00 bits per heavy atom. The van der Waals surface area contributed by atoms with Crippen LogP contribution in [0, 0.1) is 29.2 Å². The van der Waals surface area contributed by atoms with Crippen LogP contribution in [0.4, 0.5) is 17.6 Å². The molecule has 2 aromatic carbocycles. The van der Waals surface area contributed by atoms with Crippen molar-refractivity contribution in [2.75, 3.05) is 13.2 Å². The van der Waals surface area contributed by atoms with Gasteiger partial charge < -0.3 is 15.0 Å². The van der Waals surface area contributed by atoms with Crippen LogP contribution in [0.3, 0.4) is 0 Å². The molecule has 1 aliphatic carbocycles. The van der Waals surface area contributed by atoms with Crippen LogP contribution in [-0.4, -0.2) is 36.2 Å². The Bertz CT molecular complexity index is 1060. The first-order chi connectivity index (χ1) is 16.2. The van der Waals surface area contributed by atoms with Gasteiger partial charge in [0.1, 0.15) is 0 Å². The molecule has 1 saturated carbocycles. The Labute approximate surface area is 194 Å². The molecule has 0 N–H and O–H groups in total. The second-order valence-corrected chi connectivity index (χ2v) is 6.75. The lowest BCUT2D eigenvalue weighted by atomic mass is 10.1. The molecule has 2 unspecified atom stereocenters. The van der Waals surface area contributed by atoms with Crippen molar-refractivity contribution in [3.63, 3.8) is 0 Å². The molecule has 3 rings (SSSR count). The number of halogens is 4. The Hall–Kier alpha value is -3.78. The van der Waals surface area contributed by atoms with Crippen molar-refractivity contribution in [2.24, 2.45) is 5.92 Å². The van der Waals surface area contributed by atoms with Gasteiger partial charge in [-0.2, -0.15) is 4.79 Å². The maximum atomic E-state index is 13.0. The molecule has 2 aromatic rings. The summed E-state index contributed by atoms with van der Waals surface area (Å²) in [4.78, 5) is 23.9. The van der Waals surface area contributed by atoms with Gasteiger partial charge in [-0.3, -0.25) is 4.79 Å². The van der Waals surface area contributed by atoms with Crippen LogP contribution in [-0.2, 0) is 19.1 Å². The van der Waals surface area contributed by atoms with Crippen LogP contribution in [0.15, 0.2) is 43.0 Å². The second-order valence-electron chi connectivity index (χ2n) is 6.75. The SMILES string of the molecule is C=Cc1ccc(F)c(F)c1.CCOC(=O)C1CC1c1ccc(F)c(F)c1.CCOC(=O)C=[N+]=[N-]. The highest BCUT2D eigenvalue weighted by molar-refractivity contribution is 6.20. The number of benzene rings is 2. The first-order valence-electron chi connectivity index (χ1n) is 10.2. The molecule has 1 fully saturated rings. The first kappa shape index (κ1) is 28.3. The smallest absolute Gasteiger partial charge is 0.413 e. The highest BCUT2D eigenvalue weighted by Gasteiger charge is 2.45. The molecule has 2 atom stereocenters. The van der Waals surface area contributed by atoms with E-state index in [4.69, 9.17) is 10.3 Å². The van der Waals surface area contributed by atoms with Crippen LogP contribution in [0.5, 0.6) is 0 Å². The van der Waals surface area contributed by atoms with Crippen LogP contribution < -0.4 is 0 Å². The number of rotatable bonds is 6. The van der Waals surface area contributed by atoms with Gasteiger partial charge in [-0.1, -0.05) is 24.8 Å². The van der Waals surface area contributed by atoms with Crippen molar-refractivity contribution < 1.29 is 41.4 Å². The molecule has 0 aromatic heterocycles. The zero-order valence-corrected chi connectivity index (χ0v) is 18.6. The molecule has 0 spiro atoms. The van der Waals surface area contributed by atoms with Gasteiger partial charge in [-0.25, -0.2) is 22.4 Å². The maximum absolute atomic E-state index is 13.0. The summed E-state index contributed by atoms with van der Waals surface area (Å²) in [7, 11) is 0. The van der Waals surface area contributed by atoms with Gasteiger partial charge in [-0.15, -0.1) is 0 Å². The van der Waals surface area contributed by atoms with Crippen molar-refractivity contribution in [1.29, 1.82) is 0 Å². The van der Waals surface area contributed by atoms with Crippen molar-refractivity contribution in [1.82, 2.24) is 0 Å². The normalized spacial score (nSPS) is 15.2. The minimum Gasteiger partial charge on any atom is -0.466 e. The topological polar surface area (TPSA) is 89.0 Å². The lowest BCUT2D eigenvalue weighted by Crippen LogP contribution is -2.07. The van der Waals surface area contributed by atoms with E-state index < -0.39 is 29.2 Å². The summed E-state index contributed by atoms with van der Waals surface area (Å²) >= 11 is 0. The van der Waals surface area contributed by atoms with E-state index in [0.29, 0.717) is 37.0 Å². The van der Waals surface area contributed by atoms with Gasteiger partial charge in [0.05, 0.1) is 19.1 Å². The molecule has 6 nitrogen and oxygen atoms in total. The van der Waals surface area contributed by atoms with Crippen LogP contribution >= 0.6 is 0 Å². The quantitative estimate of drug-likeness (QED) is 0.189. The molecule has 0 aliphatic heterocycles. The van der Waals surface area contributed by atoms with E-state index in [1.54, 1.807) is 13.8 Å². The van der Waals surface area contributed by atoms with Gasteiger partial charge in [-0.05, 0) is 61.6 Å². The third-order valence-electron chi connectivity index (χ3n) is 4.38. The van der Waals surface area contributed by atoms with E-state index in [0.717, 1.165) is 24.3 Å². The summed E-state index contributed by atoms with van der Waals surface area (Å²) in [6, 6.07) is 7.40. The molecule has 0 amide bonds. The molecular weight excluding hydrogens is 456 g/mol. The Morgan fingerprint density at radius 2 is 1.59 bits per heavy atom. The molecule has 1 aliphatic rings. The van der Waals surface area contributed by atoms with E-state index in [2.05, 4.69) is 16.1 Å². The number of ether oxygens (including phenoxy) is 2. The van der Waals surface area contributed by atoms with Gasteiger partial charge in [0.25, 0.3) is 0 Å². The summed E-state index contributed by atoms with van der Waals surface area (Å²) in [5.41, 5.74) is 8.98. The minimum atomic E-state index is -0.869. The molecule has 182 valence electrons. The van der Waals surface area contributed by atoms with Crippen molar-refractivity contribution >= 4 is 24.2 Å². The summed E-state index contributed by atoms with van der Waals surface area (Å²) in [5, 5.41) is 0. The largest absolute Gasteiger partial charge is 0.466 e. The minimum absolute atomic E-state index is 0.0193. The van der Waals surface area contributed by atoms with E-state index >= 15 is 0 Å². The fourth-order valence-corrected chi connectivity index (χ4v) is 2.68. The fourth-order valence-electron chi connectivity index (χ4n) is 2.68. The fraction of sp³-hybridized carbons (Fsp3) is 0.292. The maximum Gasteiger partial charge on any atom is 0.413 e. The summed E-state index contributed by atoms with van der Waals surface area (Å²) in [5.74, 6) is -4.49. The zero-order chi connectivity index (χ0) is 25.7. The van der Waals surface area contributed by atoms with Crippen molar-refractivity contribution in [3.05, 3.63) is 82.9 Å². The van der Waals surface area contributed by atoms with Gasteiger partial charge in [0.15, 0.2) is 23.3 Å². The lowest BCUT2D eigenvalue weighted by Gasteiger charge is -2.02. The molecule has 10 heteroatoms. The number of esters is 2. The van der Waals surface area contributed by atoms with E-state index in [9.17, 15) is 27.2 Å². The van der Waals surface area contributed by atoms with Gasteiger partial charge in [0, 0.05) is 0 Å². The highest BCUT2D eigenvalue weighted by Crippen LogP contribution is 2.48. The molecule has 34 heavy (non-hydrogen) atoms. The standard InChI is InChI=1S/C12H12F2O2.C8H6F2.C4H6N2O2/c1-2-16-12(15)9-6-8(9)7-3-4-10(13)11(14)5-7;1-2-6-3-4-7(9)8(10)5-6;1-2-8-4(7)3-6-5/h3-5,8-9H,2,6H2,1H3;2-5H,1H2;3H,2H2,1H3. The van der Waals surface area contributed by atoms with Gasteiger partial charge >= 0.3 is 18.2 Å². The summed E-state index contributed by atoms with van der Waals surface area (Å²) < 4.78 is 59.4. The summed E-state index contributed by atoms with van der Waals surface area (Å²) in [6.45, 7) is 7.47. The summed E-state index contributed by atoms with van der Waals surface area (Å²) in [6.07, 6.45) is 2.82. The van der Waals surface area contributed by atoms with Crippen LogP contribution in [0.1, 0.15) is 37.3 Å². The van der Waals surface area contributed by atoms with E-state index in [1.165, 1.54) is 18.2 Å². The predicted molar refractivity (Wildman–Crippen MR) is 117 cm³/mol. The number of hydrogen-bond acceptors (Lipinski definition) is 4. The van der Waals surface area contributed by atoms with Gasteiger partial charge in [0.2, 0.25) is 0 Å². The number of nitrogens with zero attached hydrogens (tertiary/aromatic N) is 2. The molecule has 0 radical (unpaired) electrons. The average Bonchev–Trinajstić information content (AvgIpc) is 3.60. The monoisotopic (exact) mass is 480 g/mol. The lowest BCUT2D eigenvalue weighted by molar-refractivity contribution is -0.144. The Balaban J connectivity index is 0.000000277.